The number of allylic oxidation sites excluding steroid dienone is 4. The number of ether oxygens (including phenoxy) is 2. The first-order chi connectivity index (χ1) is 13.3. The quantitative estimate of drug-likeness (QED) is 0.399. The number of carbonyl (C=O) groups is 2. The average Bonchev–Trinajstić information content (AvgIpc) is 3.03. The number of carbonyl (C=O) groups excluding carboxylic acids is 2. The van der Waals surface area contributed by atoms with Gasteiger partial charge in [-0.15, -0.1) is 0 Å². The number of nitriles is 2. The number of fused-ring (bicyclic) bond motifs is 2. The molecule has 0 radical (unpaired) electrons. The van der Waals surface area contributed by atoms with Crippen LogP contribution in [0.5, 0.6) is 0 Å². The van der Waals surface area contributed by atoms with Gasteiger partial charge in [-0.2, -0.15) is 10.5 Å². The molecular weight excluding hydrogens is 356 g/mol. The van der Waals surface area contributed by atoms with Gasteiger partial charge in [-0.25, -0.2) is 0 Å². The summed E-state index contributed by atoms with van der Waals surface area (Å²) in [5.74, 6) is 5.01. The average molecular weight is 380 g/mol. The molecule has 0 aliphatic heterocycles. The Labute approximate surface area is 165 Å². The molecule has 0 aromatic heterocycles. The third-order valence-electron chi connectivity index (χ3n) is 5.23. The van der Waals surface area contributed by atoms with Gasteiger partial charge in [0.15, 0.2) is 12.0 Å². The Balaban J connectivity index is 2.29. The highest BCUT2D eigenvalue weighted by Crippen LogP contribution is 2.50. The molecule has 28 heavy (non-hydrogen) atoms. The monoisotopic (exact) mass is 380 g/mol. The van der Waals surface area contributed by atoms with E-state index in [1.165, 1.54) is 13.8 Å². The summed E-state index contributed by atoms with van der Waals surface area (Å²) in [6.45, 7) is 4.79. The highest BCUT2D eigenvalue weighted by atomic mass is 16.5. The van der Waals surface area contributed by atoms with Gasteiger partial charge in [0, 0.05) is 20.3 Å². The molecule has 0 heterocycles. The molecule has 146 valence electrons. The van der Waals surface area contributed by atoms with Crippen LogP contribution in [0.4, 0.5) is 0 Å². The maximum atomic E-state index is 11.2. The molecule has 1 unspecified atom stereocenters. The predicted molar refractivity (Wildman–Crippen MR) is 101 cm³/mol. The van der Waals surface area contributed by atoms with Gasteiger partial charge in [-0.05, 0) is 35.7 Å². The first-order valence-electron chi connectivity index (χ1n) is 9.28. The summed E-state index contributed by atoms with van der Waals surface area (Å²) in [4.78, 5) is 22.0. The lowest BCUT2D eigenvalue weighted by Gasteiger charge is -2.38. The van der Waals surface area contributed by atoms with Crippen LogP contribution in [0.2, 0.25) is 0 Å². The van der Waals surface area contributed by atoms with Crippen LogP contribution in [0, 0.1) is 63.6 Å². The van der Waals surface area contributed by atoms with E-state index in [0.29, 0.717) is 0 Å². The molecule has 2 aliphatic carbocycles. The van der Waals surface area contributed by atoms with Crippen molar-refractivity contribution in [1.29, 1.82) is 10.5 Å². The Hall–Kier alpha value is -3.04. The van der Waals surface area contributed by atoms with Gasteiger partial charge in [-0.1, -0.05) is 37.0 Å². The molecule has 0 N–H and O–H groups in total. The molecule has 0 spiro atoms. The van der Waals surface area contributed by atoms with Crippen LogP contribution < -0.4 is 0 Å². The van der Waals surface area contributed by atoms with Crippen LogP contribution >= 0.6 is 0 Å². The van der Waals surface area contributed by atoms with Crippen molar-refractivity contribution >= 4 is 11.9 Å². The molecule has 0 saturated carbocycles. The number of hydrogen-bond donors (Lipinski definition) is 0. The largest absolute Gasteiger partial charge is 0.466 e. The summed E-state index contributed by atoms with van der Waals surface area (Å²) >= 11 is 0. The van der Waals surface area contributed by atoms with E-state index in [9.17, 15) is 20.1 Å². The van der Waals surface area contributed by atoms with Crippen molar-refractivity contribution in [3.8, 4) is 24.0 Å². The Morgan fingerprint density at radius 3 is 2.46 bits per heavy atom. The Morgan fingerprint density at radius 2 is 1.86 bits per heavy atom. The molecular formula is C22H24N2O4. The van der Waals surface area contributed by atoms with Crippen molar-refractivity contribution in [2.45, 2.75) is 33.6 Å². The van der Waals surface area contributed by atoms with E-state index >= 15 is 0 Å². The van der Waals surface area contributed by atoms with E-state index in [2.05, 4.69) is 36.1 Å². The minimum Gasteiger partial charge on any atom is -0.466 e. The fourth-order valence-electron chi connectivity index (χ4n) is 3.95. The summed E-state index contributed by atoms with van der Waals surface area (Å²) in [6, 6.07) is 4.36. The fourth-order valence-corrected chi connectivity index (χ4v) is 3.95. The standard InChI is InChI=1S/C22H24N2O4/c1-15(12-28-17(3)26)21-19-7-6-18(10-19)11-20(21)22(13-23,14-24)8-4-5-9-27-16(2)25/h6-7,11,15,18-19,21H,8-10,12H2,1-3H3/t15?,18-,19+,21-/m0/s1. The fraction of sp³-hybridized carbons (Fsp3) is 0.545. The van der Waals surface area contributed by atoms with Crippen LogP contribution in [0.3, 0.4) is 0 Å². The van der Waals surface area contributed by atoms with Gasteiger partial charge in [-0.3, -0.25) is 9.59 Å². The highest BCUT2D eigenvalue weighted by molar-refractivity contribution is 5.66. The van der Waals surface area contributed by atoms with Crippen LogP contribution in [0.15, 0.2) is 23.8 Å². The van der Waals surface area contributed by atoms with Crippen molar-refractivity contribution in [2.24, 2.45) is 29.1 Å². The Bertz CT molecular complexity index is 817. The molecule has 2 aliphatic rings. The lowest BCUT2D eigenvalue weighted by Crippen LogP contribution is -2.36. The normalized spacial score (nSPS) is 23.3. The summed E-state index contributed by atoms with van der Waals surface area (Å²) in [5.41, 5.74) is -0.633. The molecule has 2 bridgehead atoms. The van der Waals surface area contributed by atoms with Gasteiger partial charge >= 0.3 is 11.9 Å². The third kappa shape index (κ3) is 4.81. The number of nitrogens with zero attached hydrogens (tertiary/aromatic N) is 2. The van der Waals surface area contributed by atoms with Crippen molar-refractivity contribution in [3.05, 3.63) is 23.8 Å². The Kier molecular flexibility index (Phi) is 7.02. The van der Waals surface area contributed by atoms with Crippen LogP contribution in [-0.2, 0) is 19.1 Å². The molecule has 2 rings (SSSR count). The number of esters is 2. The maximum Gasteiger partial charge on any atom is 0.303 e. The van der Waals surface area contributed by atoms with Gasteiger partial charge < -0.3 is 9.47 Å². The second-order valence-corrected chi connectivity index (χ2v) is 7.32. The van der Waals surface area contributed by atoms with E-state index in [4.69, 9.17) is 9.47 Å². The van der Waals surface area contributed by atoms with Crippen molar-refractivity contribution in [1.82, 2.24) is 0 Å². The van der Waals surface area contributed by atoms with Gasteiger partial charge in [0.2, 0.25) is 0 Å². The second-order valence-electron chi connectivity index (χ2n) is 7.32. The van der Waals surface area contributed by atoms with Crippen LogP contribution in [-0.4, -0.2) is 25.2 Å². The predicted octanol–water partition coefficient (Wildman–Crippen LogP) is 2.92. The van der Waals surface area contributed by atoms with E-state index in [0.717, 1.165) is 12.0 Å². The zero-order valence-corrected chi connectivity index (χ0v) is 16.4. The van der Waals surface area contributed by atoms with Crippen LogP contribution in [0.25, 0.3) is 0 Å². The molecule has 0 fully saturated rings. The smallest absolute Gasteiger partial charge is 0.303 e. The van der Waals surface area contributed by atoms with Crippen molar-refractivity contribution in [3.63, 3.8) is 0 Å². The molecule has 6 nitrogen and oxygen atoms in total. The second kappa shape index (κ2) is 9.25. The summed E-state index contributed by atoms with van der Waals surface area (Å²) in [5, 5.41) is 19.8. The molecule has 0 saturated heterocycles. The molecule has 6 heteroatoms. The van der Waals surface area contributed by atoms with Crippen molar-refractivity contribution < 1.29 is 19.1 Å². The zero-order valence-electron chi connectivity index (χ0n) is 16.4. The lowest BCUT2D eigenvalue weighted by atomic mass is 9.63. The highest BCUT2D eigenvalue weighted by Gasteiger charge is 2.46. The topological polar surface area (TPSA) is 100 Å². The van der Waals surface area contributed by atoms with E-state index in [1.54, 1.807) is 0 Å². The summed E-state index contributed by atoms with van der Waals surface area (Å²) in [7, 11) is 0. The molecule has 0 aromatic rings. The van der Waals surface area contributed by atoms with E-state index in [-0.39, 0.29) is 49.3 Å². The summed E-state index contributed by atoms with van der Waals surface area (Å²) < 4.78 is 9.97. The lowest BCUT2D eigenvalue weighted by molar-refractivity contribution is -0.143. The van der Waals surface area contributed by atoms with E-state index < -0.39 is 11.4 Å². The first-order valence-corrected chi connectivity index (χ1v) is 9.28. The molecule has 0 amide bonds. The van der Waals surface area contributed by atoms with Gasteiger partial charge in [0.05, 0.1) is 18.7 Å². The molecule has 4 atom stereocenters. The van der Waals surface area contributed by atoms with Gasteiger partial charge in [0.1, 0.15) is 0 Å². The minimum absolute atomic E-state index is 0.0311. The number of hydrogen-bond acceptors (Lipinski definition) is 6. The third-order valence-corrected chi connectivity index (χ3v) is 5.23. The van der Waals surface area contributed by atoms with Crippen LogP contribution in [0.1, 0.15) is 33.6 Å². The van der Waals surface area contributed by atoms with Gasteiger partial charge in [0.25, 0.3) is 0 Å². The maximum absolute atomic E-state index is 11.2. The molecule has 0 aromatic carbocycles. The minimum atomic E-state index is -1.39. The first kappa shape index (κ1) is 21.3. The Morgan fingerprint density at radius 1 is 1.18 bits per heavy atom. The van der Waals surface area contributed by atoms with E-state index in [1.807, 2.05) is 13.0 Å². The SMILES string of the molecule is CC(=O)OCC#CCC(C#N)(C#N)C1=C[C@H]2C=C[C@H](C2)[C@@H]1C(C)COC(C)=O. The summed E-state index contributed by atoms with van der Waals surface area (Å²) in [6.07, 6.45) is 7.21. The number of rotatable bonds is 6. The zero-order chi connectivity index (χ0) is 20.7. The van der Waals surface area contributed by atoms with Crippen molar-refractivity contribution in [2.75, 3.05) is 13.2 Å².